The summed E-state index contributed by atoms with van der Waals surface area (Å²) in [5.74, 6) is -0.484. The number of aryl methyl sites for hydroxylation is 1. The summed E-state index contributed by atoms with van der Waals surface area (Å²) < 4.78 is 37.9. The maximum Gasteiger partial charge on any atom is 0.411 e. The molecule has 0 bridgehead atoms. The van der Waals surface area contributed by atoms with E-state index >= 15 is 0 Å². The second kappa shape index (κ2) is 12.1. The van der Waals surface area contributed by atoms with Gasteiger partial charge in [0.05, 0.1) is 11.5 Å². The van der Waals surface area contributed by atoms with Gasteiger partial charge in [0, 0.05) is 30.6 Å². The molecule has 0 aliphatic heterocycles. The SMILES string of the molecule is COCCOC(=O)Nc1cccc(NC(=O)c2cc(S(=O)(=O)NCc3ccccc3)ccc2C)c1. The molecule has 3 aromatic rings. The van der Waals surface area contributed by atoms with Crippen molar-refractivity contribution in [2.75, 3.05) is 31.0 Å². The second-order valence-corrected chi connectivity index (χ2v) is 9.34. The molecule has 0 fully saturated rings. The molecule has 10 heteroatoms. The molecule has 0 aliphatic carbocycles. The molecule has 3 rings (SSSR count). The molecule has 0 heterocycles. The van der Waals surface area contributed by atoms with Gasteiger partial charge in [-0.3, -0.25) is 10.1 Å². The molecule has 0 unspecified atom stereocenters. The molecule has 9 nitrogen and oxygen atoms in total. The Morgan fingerprint density at radius 3 is 2.29 bits per heavy atom. The predicted octanol–water partition coefficient (Wildman–Crippen LogP) is 3.92. The lowest BCUT2D eigenvalue weighted by Gasteiger charge is -2.12. The zero-order valence-corrected chi connectivity index (χ0v) is 20.2. The number of carbonyl (C=O) groups excluding carboxylic acids is 2. The van der Waals surface area contributed by atoms with Gasteiger partial charge in [-0.1, -0.05) is 42.5 Å². The van der Waals surface area contributed by atoms with Crippen molar-refractivity contribution < 1.29 is 27.5 Å². The number of carbonyl (C=O) groups is 2. The first-order chi connectivity index (χ1) is 16.8. The van der Waals surface area contributed by atoms with Crippen LogP contribution in [0.15, 0.2) is 77.7 Å². The van der Waals surface area contributed by atoms with Crippen molar-refractivity contribution in [2.45, 2.75) is 18.4 Å². The largest absolute Gasteiger partial charge is 0.447 e. The molecule has 0 aliphatic rings. The lowest BCUT2D eigenvalue weighted by atomic mass is 10.1. The molecule has 3 aromatic carbocycles. The smallest absolute Gasteiger partial charge is 0.411 e. The minimum Gasteiger partial charge on any atom is -0.447 e. The minimum atomic E-state index is -3.83. The number of anilines is 2. The lowest BCUT2D eigenvalue weighted by Crippen LogP contribution is -2.24. The topological polar surface area (TPSA) is 123 Å². The third-order valence-electron chi connectivity index (χ3n) is 4.96. The van der Waals surface area contributed by atoms with Crippen molar-refractivity contribution in [3.8, 4) is 0 Å². The monoisotopic (exact) mass is 497 g/mol. The summed E-state index contributed by atoms with van der Waals surface area (Å²) in [5, 5.41) is 5.30. The van der Waals surface area contributed by atoms with E-state index in [4.69, 9.17) is 9.47 Å². The standard InChI is InChI=1S/C25H27N3O6S/c1-18-11-12-22(35(31,32)26-17-19-7-4-3-5-8-19)16-23(18)24(29)27-20-9-6-10-21(15-20)28-25(30)34-14-13-33-2/h3-12,15-16,26H,13-14,17H2,1-2H3,(H,27,29)(H,28,30). The van der Waals surface area contributed by atoms with Crippen LogP contribution in [0.4, 0.5) is 16.2 Å². The first-order valence-electron chi connectivity index (χ1n) is 10.8. The highest BCUT2D eigenvalue weighted by Crippen LogP contribution is 2.20. The zero-order chi connectivity index (χ0) is 25.3. The van der Waals surface area contributed by atoms with Crippen LogP contribution in [0.1, 0.15) is 21.5 Å². The summed E-state index contributed by atoms with van der Waals surface area (Å²) in [5.41, 5.74) is 2.48. The summed E-state index contributed by atoms with van der Waals surface area (Å²) in [6.07, 6.45) is -0.651. The van der Waals surface area contributed by atoms with E-state index in [9.17, 15) is 18.0 Å². The van der Waals surface area contributed by atoms with E-state index < -0.39 is 22.0 Å². The van der Waals surface area contributed by atoms with Gasteiger partial charge in [-0.05, 0) is 48.4 Å². The normalized spacial score (nSPS) is 11.0. The molecule has 0 spiro atoms. The Morgan fingerprint density at radius 2 is 1.57 bits per heavy atom. The van der Waals surface area contributed by atoms with E-state index in [1.165, 1.54) is 19.2 Å². The van der Waals surface area contributed by atoms with Crippen LogP contribution >= 0.6 is 0 Å². The molecule has 35 heavy (non-hydrogen) atoms. The summed E-state index contributed by atoms with van der Waals surface area (Å²) in [6.45, 7) is 2.24. The van der Waals surface area contributed by atoms with E-state index in [2.05, 4.69) is 15.4 Å². The summed E-state index contributed by atoms with van der Waals surface area (Å²) in [4.78, 5) is 24.8. The van der Waals surface area contributed by atoms with Crippen molar-refractivity contribution in [3.05, 3.63) is 89.5 Å². The molecule has 3 N–H and O–H groups in total. The van der Waals surface area contributed by atoms with Crippen LogP contribution < -0.4 is 15.4 Å². The van der Waals surface area contributed by atoms with Crippen molar-refractivity contribution in [1.29, 1.82) is 0 Å². The predicted molar refractivity (Wildman–Crippen MR) is 133 cm³/mol. The Balaban J connectivity index is 1.70. The van der Waals surface area contributed by atoms with Crippen LogP contribution in [0.2, 0.25) is 0 Å². The maximum absolute atomic E-state index is 12.9. The number of benzene rings is 3. The van der Waals surface area contributed by atoms with Crippen molar-refractivity contribution in [3.63, 3.8) is 0 Å². The number of hydrogen-bond donors (Lipinski definition) is 3. The van der Waals surface area contributed by atoms with E-state index in [1.54, 1.807) is 37.3 Å². The molecular formula is C25H27N3O6S. The van der Waals surface area contributed by atoms with E-state index in [0.29, 0.717) is 16.9 Å². The summed E-state index contributed by atoms with van der Waals surface area (Å²) in [6, 6.07) is 20.0. The molecular weight excluding hydrogens is 470 g/mol. The Bertz CT molecular complexity index is 1280. The fourth-order valence-corrected chi connectivity index (χ4v) is 4.16. The Morgan fingerprint density at radius 1 is 0.857 bits per heavy atom. The Kier molecular flexibility index (Phi) is 8.96. The van der Waals surface area contributed by atoms with Crippen LogP contribution in [-0.4, -0.2) is 40.7 Å². The molecule has 2 amide bonds. The Hall–Kier alpha value is -3.73. The van der Waals surface area contributed by atoms with Crippen molar-refractivity contribution >= 4 is 33.4 Å². The number of hydrogen-bond acceptors (Lipinski definition) is 6. The summed E-state index contributed by atoms with van der Waals surface area (Å²) in [7, 11) is -2.33. The van der Waals surface area contributed by atoms with Gasteiger partial charge >= 0.3 is 6.09 Å². The van der Waals surface area contributed by atoms with Crippen molar-refractivity contribution in [1.82, 2.24) is 4.72 Å². The molecule has 184 valence electrons. The van der Waals surface area contributed by atoms with E-state index in [0.717, 1.165) is 5.56 Å². The van der Waals surface area contributed by atoms with Gasteiger partial charge in [-0.15, -0.1) is 0 Å². The first-order valence-corrected chi connectivity index (χ1v) is 12.2. The van der Waals surface area contributed by atoms with Gasteiger partial charge < -0.3 is 14.8 Å². The van der Waals surface area contributed by atoms with Crippen LogP contribution in [-0.2, 0) is 26.0 Å². The highest BCUT2D eigenvalue weighted by molar-refractivity contribution is 7.89. The highest BCUT2D eigenvalue weighted by Gasteiger charge is 2.18. The number of methoxy groups -OCH3 is 1. The minimum absolute atomic E-state index is 0.0154. The van der Waals surface area contributed by atoms with Crippen LogP contribution in [0.5, 0.6) is 0 Å². The number of amides is 2. The van der Waals surface area contributed by atoms with Crippen LogP contribution in [0, 0.1) is 6.92 Å². The van der Waals surface area contributed by atoms with Gasteiger partial charge in [0.25, 0.3) is 5.91 Å². The zero-order valence-electron chi connectivity index (χ0n) is 19.4. The fourth-order valence-electron chi connectivity index (χ4n) is 3.12. The maximum atomic E-state index is 12.9. The third-order valence-corrected chi connectivity index (χ3v) is 6.36. The van der Waals surface area contributed by atoms with Gasteiger partial charge in [-0.2, -0.15) is 0 Å². The fraction of sp³-hybridized carbons (Fsp3) is 0.200. The van der Waals surface area contributed by atoms with Crippen LogP contribution in [0.3, 0.4) is 0 Å². The summed E-state index contributed by atoms with van der Waals surface area (Å²) >= 11 is 0. The van der Waals surface area contributed by atoms with Crippen LogP contribution in [0.25, 0.3) is 0 Å². The van der Waals surface area contributed by atoms with Gasteiger partial charge in [0.15, 0.2) is 0 Å². The lowest BCUT2D eigenvalue weighted by molar-refractivity contribution is 0.102. The van der Waals surface area contributed by atoms with Crippen molar-refractivity contribution in [2.24, 2.45) is 0 Å². The molecule has 0 saturated carbocycles. The van der Waals surface area contributed by atoms with Gasteiger partial charge in [-0.25, -0.2) is 17.9 Å². The number of sulfonamides is 1. The molecule has 0 radical (unpaired) electrons. The number of ether oxygens (including phenoxy) is 2. The molecule has 0 saturated heterocycles. The second-order valence-electron chi connectivity index (χ2n) is 7.58. The van der Waals surface area contributed by atoms with E-state index in [1.807, 2.05) is 30.3 Å². The number of rotatable bonds is 10. The highest BCUT2D eigenvalue weighted by atomic mass is 32.2. The average molecular weight is 498 g/mol. The first kappa shape index (κ1) is 25.9. The Labute approximate surface area is 204 Å². The third kappa shape index (κ3) is 7.64. The number of nitrogens with one attached hydrogen (secondary N) is 3. The molecule has 0 atom stereocenters. The quantitative estimate of drug-likeness (QED) is 0.365. The van der Waals surface area contributed by atoms with Gasteiger partial charge in [0.2, 0.25) is 10.0 Å². The van der Waals surface area contributed by atoms with Gasteiger partial charge in [0.1, 0.15) is 6.61 Å². The molecule has 0 aromatic heterocycles. The average Bonchev–Trinajstić information content (AvgIpc) is 2.84. The van der Waals surface area contributed by atoms with E-state index in [-0.39, 0.29) is 30.2 Å².